The average Bonchev–Trinajstić information content (AvgIpc) is 3.26. The second-order valence-corrected chi connectivity index (χ2v) is 7.37. The predicted octanol–water partition coefficient (Wildman–Crippen LogP) is 4.68. The van der Waals surface area contributed by atoms with Crippen molar-refractivity contribution in [3.63, 3.8) is 0 Å². The molecule has 0 aliphatic heterocycles. The van der Waals surface area contributed by atoms with Crippen LogP contribution in [-0.2, 0) is 4.74 Å². The summed E-state index contributed by atoms with van der Waals surface area (Å²) in [5, 5.41) is 3.57. The van der Waals surface area contributed by atoms with Crippen LogP contribution in [0.15, 0.2) is 42.5 Å². The third kappa shape index (κ3) is 3.39. The van der Waals surface area contributed by atoms with E-state index in [1.807, 2.05) is 30.3 Å². The molecule has 28 heavy (non-hydrogen) atoms. The quantitative estimate of drug-likeness (QED) is 0.438. The summed E-state index contributed by atoms with van der Waals surface area (Å²) >= 11 is 1.65. The lowest BCUT2D eigenvalue weighted by molar-refractivity contribution is 0.198. The summed E-state index contributed by atoms with van der Waals surface area (Å²) in [6.07, 6.45) is 0.918. The van der Waals surface area contributed by atoms with Crippen molar-refractivity contribution >= 4 is 32.3 Å². The molecule has 7 heteroatoms. The molecule has 2 aromatic heterocycles. The van der Waals surface area contributed by atoms with Crippen LogP contribution >= 0.6 is 11.3 Å². The van der Waals surface area contributed by atoms with Crippen molar-refractivity contribution in [2.45, 2.75) is 6.42 Å². The molecule has 0 aliphatic rings. The lowest BCUT2D eigenvalue weighted by atomic mass is 10.1. The largest absolute Gasteiger partial charge is 0.497 e. The number of fused-ring (bicyclic) bond motifs is 3. The van der Waals surface area contributed by atoms with Gasteiger partial charge in [0, 0.05) is 25.8 Å². The second-order valence-electron chi connectivity index (χ2n) is 6.36. The van der Waals surface area contributed by atoms with Gasteiger partial charge in [0.2, 0.25) is 0 Å². The van der Waals surface area contributed by atoms with Gasteiger partial charge in [-0.3, -0.25) is 4.40 Å². The van der Waals surface area contributed by atoms with Crippen LogP contribution in [0, 0.1) is 0 Å². The van der Waals surface area contributed by atoms with Crippen LogP contribution in [0.4, 0.5) is 5.82 Å². The van der Waals surface area contributed by atoms with E-state index in [1.54, 1.807) is 32.7 Å². The van der Waals surface area contributed by atoms with E-state index < -0.39 is 0 Å². The number of anilines is 1. The predicted molar refractivity (Wildman–Crippen MR) is 114 cm³/mol. The van der Waals surface area contributed by atoms with E-state index in [2.05, 4.69) is 21.9 Å². The number of benzene rings is 2. The molecule has 0 amide bonds. The maximum Gasteiger partial charge on any atom is 0.197 e. The van der Waals surface area contributed by atoms with Gasteiger partial charge in [0.25, 0.3) is 0 Å². The van der Waals surface area contributed by atoms with Crippen LogP contribution in [0.2, 0.25) is 0 Å². The molecule has 0 spiro atoms. The number of rotatable bonds is 8. The van der Waals surface area contributed by atoms with Gasteiger partial charge in [0.05, 0.1) is 24.4 Å². The molecule has 6 nitrogen and oxygen atoms in total. The van der Waals surface area contributed by atoms with Crippen molar-refractivity contribution in [1.82, 2.24) is 9.38 Å². The number of hydrogen-bond acceptors (Lipinski definition) is 6. The number of thiazole rings is 1. The number of nitrogens with one attached hydrogen (secondary N) is 1. The minimum Gasteiger partial charge on any atom is -0.497 e. The molecule has 0 atom stereocenters. The number of imidazole rings is 1. The van der Waals surface area contributed by atoms with Gasteiger partial charge in [-0.05, 0) is 48.9 Å². The third-order valence-electron chi connectivity index (χ3n) is 4.64. The average molecular weight is 398 g/mol. The first-order chi connectivity index (χ1) is 13.7. The van der Waals surface area contributed by atoms with Crippen molar-refractivity contribution in [2.24, 2.45) is 0 Å². The van der Waals surface area contributed by atoms with Gasteiger partial charge in [0.1, 0.15) is 23.0 Å². The maximum absolute atomic E-state index is 5.37. The number of nitrogens with zero attached hydrogens (tertiary/aromatic N) is 2. The highest BCUT2D eigenvalue weighted by Crippen LogP contribution is 2.37. The fraction of sp³-hybridized carbons (Fsp3) is 0.286. The molecule has 4 aromatic rings. The van der Waals surface area contributed by atoms with Crippen molar-refractivity contribution in [1.29, 1.82) is 0 Å². The maximum atomic E-state index is 5.37. The minimum atomic E-state index is 0.717. The normalized spacial score (nSPS) is 11.2. The van der Waals surface area contributed by atoms with Crippen LogP contribution in [0.3, 0.4) is 0 Å². The summed E-state index contributed by atoms with van der Waals surface area (Å²) < 4.78 is 19.2. The van der Waals surface area contributed by atoms with Gasteiger partial charge >= 0.3 is 0 Å². The molecule has 2 aromatic carbocycles. The summed E-state index contributed by atoms with van der Waals surface area (Å²) in [6.45, 7) is 1.52. The smallest absolute Gasteiger partial charge is 0.197 e. The Kier molecular flexibility index (Phi) is 5.36. The van der Waals surface area contributed by atoms with Crippen molar-refractivity contribution in [3.8, 4) is 22.8 Å². The van der Waals surface area contributed by atoms with Crippen LogP contribution in [-0.4, -0.2) is 43.9 Å². The summed E-state index contributed by atoms with van der Waals surface area (Å²) in [7, 11) is 5.08. The highest BCUT2D eigenvalue weighted by molar-refractivity contribution is 7.23. The standard InChI is InChI=1S/C21H23N3O3S/c1-25-12-4-11-22-20-19(14-5-7-15(26-2)8-6-14)23-21-24(20)17-10-9-16(27-3)13-18(17)28-21/h5-10,13,22H,4,11-12H2,1-3H3. The monoisotopic (exact) mass is 397 g/mol. The van der Waals surface area contributed by atoms with Gasteiger partial charge in [-0.2, -0.15) is 0 Å². The first-order valence-corrected chi connectivity index (χ1v) is 9.93. The van der Waals surface area contributed by atoms with E-state index in [0.29, 0.717) is 6.61 Å². The molecule has 0 unspecified atom stereocenters. The van der Waals surface area contributed by atoms with Crippen LogP contribution < -0.4 is 14.8 Å². The first kappa shape index (κ1) is 18.6. The van der Waals surface area contributed by atoms with Crippen LogP contribution in [0.25, 0.3) is 26.4 Å². The number of aromatic nitrogens is 2. The van der Waals surface area contributed by atoms with E-state index in [9.17, 15) is 0 Å². The molecule has 4 rings (SSSR count). The highest BCUT2D eigenvalue weighted by Gasteiger charge is 2.18. The van der Waals surface area contributed by atoms with Crippen molar-refractivity contribution in [3.05, 3.63) is 42.5 Å². The lowest BCUT2D eigenvalue weighted by Crippen LogP contribution is -2.07. The van der Waals surface area contributed by atoms with E-state index in [4.69, 9.17) is 19.2 Å². The summed E-state index contributed by atoms with van der Waals surface area (Å²) in [5.74, 6) is 2.67. The molecule has 0 radical (unpaired) electrons. The third-order valence-corrected chi connectivity index (χ3v) is 5.64. The Bertz CT molecular complexity index is 1090. The zero-order valence-corrected chi connectivity index (χ0v) is 17.0. The first-order valence-electron chi connectivity index (χ1n) is 9.11. The van der Waals surface area contributed by atoms with Gasteiger partial charge in [-0.15, -0.1) is 0 Å². The summed E-state index contributed by atoms with van der Waals surface area (Å²) in [4.78, 5) is 5.88. The fourth-order valence-electron chi connectivity index (χ4n) is 3.21. The molecule has 0 saturated carbocycles. The molecule has 0 bridgehead atoms. The molecule has 2 heterocycles. The Morgan fingerprint density at radius 1 is 1.00 bits per heavy atom. The second kappa shape index (κ2) is 8.08. The van der Waals surface area contributed by atoms with Crippen LogP contribution in [0.1, 0.15) is 6.42 Å². The zero-order valence-electron chi connectivity index (χ0n) is 16.2. The van der Waals surface area contributed by atoms with E-state index in [-0.39, 0.29) is 0 Å². The summed E-state index contributed by atoms with van der Waals surface area (Å²) in [5.41, 5.74) is 3.10. The zero-order chi connectivity index (χ0) is 19.5. The SMILES string of the molecule is COCCCNc1c(-c2ccc(OC)cc2)nc2sc3cc(OC)ccc3n12. The van der Waals surface area contributed by atoms with Gasteiger partial charge in [-0.25, -0.2) is 4.98 Å². The Morgan fingerprint density at radius 2 is 1.75 bits per heavy atom. The molecule has 0 aliphatic carbocycles. The highest BCUT2D eigenvalue weighted by atomic mass is 32.1. The Labute approximate surface area is 167 Å². The molecular weight excluding hydrogens is 374 g/mol. The number of hydrogen-bond donors (Lipinski definition) is 1. The molecule has 1 N–H and O–H groups in total. The molecule has 0 saturated heterocycles. The van der Waals surface area contributed by atoms with E-state index in [0.717, 1.165) is 56.7 Å². The Balaban J connectivity index is 1.82. The topological polar surface area (TPSA) is 57.0 Å². The van der Waals surface area contributed by atoms with Gasteiger partial charge in [0.15, 0.2) is 4.96 Å². The van der Waals surface area contributed by atoms with E-state index >= 15 is 0 Å². The minimum absolute atomic E-state index is 0.717. The van der Waals surface area contributed by atoms with Crippen molar-refractivity contribution < 1.29 is 14.2 Å². The fourth-order valence-corrected chi connectivity index (χ4v) is 4.27. The molecule has 146 valence electrons. The van der Waals surface area contributed by atoms with Crippen molar-refractivity contribution in [2.75, 3.05) is 39.8 Å². The van der Waals surface area contributed by atoms with E-state index in [1.165, 1.54) is 0 Å². The molecular formula is C21H23N3O3S. The Morgan fingerprint density at radius 3 is 2.46 bits per heavy atom. The van der Waals surface area contributed by atoms with Gasteiger partial charge < -0.3 is 19.5 Å². The number of methoxy groups -OCH3 is 3. The lowest BCUT2D eigenvalue weighted by Gasteiger charge is -2.09. The van der Waals surface area contributed by atoms with Crippen LogP contribution in [0.5, 0.6) is 11.5 Å². The summed E-state index contributed by atoms with van der Waals surface area (Å²) in [6, 6.07) is 14.1. The number of ether oxygens (including phenoxy) is 3. The van der Waals surface area contributed by atoms with Gasteiger partial charge in [-0.1, -0.05) is 11.3 Å². The Hall–Kier alpha value is -2.77. The molecule has 0 fully saturated rings.